The average molecular weight is 255 g/mol. The van der Waals surface area contributed by atoms with E-state index in [0.717, 1.165) is 45.3 Å². The summed E-state index contributed by atoms with van der Waals surface area (Å²) in [6, 6.07) is -0.115. The standard InChI is InChI=1S/C13H25N3O2/c1-3-4-7-15-13(18)10(2)16-8-5-11(6-9-16)12(14)17/h10-11H,3-9H2,1-2H3,(H2,14,17)(H,15,18). The maximum atomic E-state index is 11.9. The van der Waals surface area contributed by atoms with Crippen LogP contribution in [0.4, 0.5) is 0 Å². The van der Waals surface area contributed by atoms with Crippen LogP contribution < -0.4 is 11.1 Å². The molecule has 0 saturated carbocycles. The van der Waals surface area contributed by atoms with Crippen LogP contribution in [-0.2, 0) is 9.59 Å². The van der Waals surface area contributed by atoms with E-state index in [1.165, 1.54) is 0 Å². The van der Waals surface area contributed by atoms with Gasteiger partial charge in [-0.2, -0.15) is 0 Å². The fraction of sp³-hybridized carbons (Fsp3) is 0.846. The Morgan fingerprint density at radius 1 is 1.39 bits per heavy atom. The van der Waals surface area contributed by atoms with Crippen LogP contribution in [-0.4, -0.2) is 42.4 Å². The first kappa shape index (κ1) is 15.0. The summed E-state index contributed by atoms with van der Waals surface area (Å²) in [7, 11) is 0. The van der Waals surface area contributed by atoms with Gasteiger partial charge >= 0.3 is 0 Å². The maximum Gasteiger partial charge on any atom is 0.237 e. The summed E-state index contributed by atoms with van der Waals surface area (Å²) in [5.74, 6) is -0.146. The quantitative estimate of drug-likeness (QED) is 0.678. The second-order valence-electron chi connectivity index (χ2n) is 5.03. The highest BCUT2D eigenvalue weighted by Gasteiger charge is 2.28. The summed E-state index contributed by atoms with van der Waals surface area (Å²) in [5.41, 5.74) is 5.29. The van der Waals surface area contributed by atoms with E-state index in [1.807, 2.05) is 6.92 Å². The molecule has 1 atom stereocenters. The summed E-state index contributed by atoms with van der Waals surface area (Å²) in [6.07, 6.45) is 3.63. The van der Waals surface area contributed by atoms with Crippen LogP contribution in [0.2, 0.25) is 0 Å². The smallest absolute Gasteiger partial charge is 0.237 e. The molecule has 0 bridgehead atoms. The van der Waals surface area contributed by atoms with Gasteiger partial charge in [-0.25, -0.2) is 0 Å². The molecule has 18 heavy (non-hydrogen) atoms. The molecule has 0 spiro atoms. The monoisotopic (exact) mass is 255 g/mol. The van der Waals surface area contributed by atoms with Gasteiger partial charge in [0.2, 0.25) is 11.8 Å². The van der Waals surface area contributed by atoms with E-state index in [9.17, 15) is 9.59 Å². The number of rotatable bonds is 6. The summed E-state index contributed by atoms with van der Waals surface area (Å²) in [6.45, 7) is 6.32. The Balaban J connectivity index is 2.32. The van der Waals surface area contributed by atoms with Crippen molar-refractivity contribution in [2.45, 2.75) is 45.6 Å². The lowest BCUT2D eigenvalue weighted by Crippen LogP contribution is -2.49. The molecule has 1 aliphatic heterocycles. The predicted molar refractivity (Wildman–Crippen MR) is 70.9 cm³/mol. The molecule has 1 unspecified atom stereocenters. The predicted octanol–water partition coefficient (Wildman–Crippen LogP) is 0.489. The van der Waals surface area contributed by atoms with Gasteiger partial charge in [0.1, 0.15) is 0 Å². The second kappa shape index (κ2) is 7.36. The van der Waals surface area contributed by atoms with E-state index >= 15 is 0 Å². The number of likely N-dealkylation sites (tertiary alicyclic amines) is 1. The van der Waals surface area contributed by atoms with Gasteiger partial charge in [0.05, 0.1) is 6.04 Å². The number of piperidine rings is 1. The number of unbranched alkanes of at least 4 members (excludes halogenated alkanes) is 1. The number of carbonyl (C=O) groups is 2. The second-order valence-corrected chi connectivity index (χ2v) is 5.03. The van der Waals surface area contributed by atoms with Gasteiger partial charge in [-0.3, -0.25) is 14.5 Å². The fourth-order valence-electron chi connectivity index (χ4n) is 2.27. The minimum atomic E-state index is -0.213. The Bertz CT molecular complexity index is 286. The number of nitrogens with zero attached hydrogens (tertiary/aromatic N) is 1. The van der Waals surface area contributed by atoms with Crippen molar-refractivity contribution in [1.82, 2.24) is 10.2 Å². The first-order chi connectivity index (χ1) is 8.56. The molecule has 104 valence electrons. The first-order valence-corrected chi connectivity index (χ1v) is 6.87. The molecule has 2 amide bonds. The number of primary amides is 1. The van der Waals surface area contributed by atoms with Crippen molar-refractivity contribution in [3.63, 3.8) is 0 Å². The third kappa shape index (κ3) is 4.29. The molecule has 0 aromatic carbocycles. The van der Waals surface area contributed by atoms with E-state index in [2.05, 4.69) is 17.1 Å². The topological polar surface area (TPSA) is 75.4 Å². The van der Waals surface area contributed by atoms with E-state index in [-0.39, 0.29) is 23.8 Å². The summed E-state index contributed by atoms with van der Waals surface area (Å²) in [4.78, 5) is 25.1. The van der Waals surface area contributed by atoms with Crippen LogP contribution in [0.3, 0.4) is 0 Å². The third-order valence-electron chi connectivity index (χ3n) is 3.69. The Labute approximate surface area is 109 Å². The number of nitrogens with two attached hydrogens (primary N) is 1. The zero-order valence-corrected chi connectivity index (χ0v) is 11.4. The lowest BCUT2D eigenvalue weighted by Gasteiger charge is -2.34. The molecule has 5 nitrogen and oxygen atoms in total. The van der Waals surface area contributed by atoms with Crippen LogP contribution in [0.5, 0.6) is 0 Å². The first-order valence-electron chi connectivity index (χ1n) is 6.87. The molecular formula is C13H25N3O2. The number of hydrogen-bond donors (Lipinski definition) is 2. The molecule has 5 heteroatoms. The van der Waals surface area contributed by atoms with Crippen molar-refractivity contribution in [2.75, 3.05) is 19.6 Å². The van der Waals surface area contributed by atoms with Crippen molar-refractivity contribution in [3.05, 3.63) is 0 Å². The van der Waals surface area contributed by atoms with E-state index in [1.54, 1.807) is 0 Å². The van der Waals surface area contributed by atoms with Crippen LogP contribution in [0.25, 0.3) is 0 Å². The van der Waals surface area contributed by atoms with Gasteiger partial charge in [0.15, 0.2) is 0 Å². The van der Waals surface area contributed by atoms with E-state index in [0.29, 0.717) is 0 Å². The van der Waals surface area contributed by atoms with Crippen LogP contribution in [0.15, 0.2) is 0 Å². The van der Waals surface area contributed by atoms with Crippen molar-refractivity contribution < 1.29 is 9.59 Å². The number of amides is 2. The van der Waals surface area contributed by atoms with E-state index < -0.39 is 0 Å². The highest BCUT2D eigenvalue weighted by Crippen LogP contribution is 2.18. The largest absolute Gasteiger partial charge is 0.369 e. The molecule has 1 heterocycles. The molecule has 1 rings (SSSR count). The van der Waals surface area contributed by atoms with Gasteiger partial charge in [-0.05, 0) is 39.3 Å². The Kier molecular flexibility index (Phi) is 6.12. The van der Waals surface area contributed by atoms with Gasteiger partial charge in [-0.1, -0.05) is 13.3 Å². The summed E-state index contributed by atoms with van der Waals surface area (Å²) in [5, 5.41) is 2.94. The number of carbonyl (C=O) groups excluding carboxylic acids is 2. The zero-order valence-electron chi connectivity index (χ0n) is 11.4. The van der Waals surface area contributed by atoms with Gasteiger partial charge in [-0.15, -0.1) is 0 Å². The minimum absolute atomic E-state index is 0.0170. The van der Waals surface area contributed by atoms with Crippen LogP contribution in [0.1, 0.15) is 39.5 Å². The molecule has 0 aromatic rings. The summed E-state index contributed by atoms with van der Waals surface area (Å²) < 4.78 is 0. The van der Waals surface area contributed by atoms with Crippen molar-refractivity contribution in [1.29, 1.82) is 0 Å². The Morgan fingerprint density at radius 3 is 2.50 bits per heavy atom. The Morgan fingerprint density at radius 2 is 2.00 bits per heavy atom. The lowest BCUT2D eigenvalue weighted by atomic mass is 9.95. The molecule has 3 N–H and O–H groups in total. The number of hydrogen-bond acceptors (Lipinski definition) is 3. The fourth-order valence-corrected chi connectivity index (χ4v) is 2.27. The molecule has 1 saturated heterocycles. The van der Waals surface area contributed by atoms with Gasteiger partial charge in [0, 0.05) is 12.5 Å². The number of nitrogens with one attached hydrogen (secondary N) is 1. The molecule has 0 radical (unpaired) electrons. The third-order valence-corrected chi connectivity index (χ3v) is 3.69. The summed E-state index contributed by atoms with van der Waals surface area (Å²) >= 11 is 0. The van der Waals surface area contributed by atoms with Gasteiger partial charge in [0.25, 0.3) is 0 Å². The highest BCUT2D eigenvalue weighted by atomic mass is 16.2. The molecule has 0 aromatic heterocycles. The van der Waals surface area contributed by atoms with E-state index in [4.69, 9.17) is 5.73 Å². The molecule has 0 aliphatic carbocycles. The molecular weight excluding hydrogens is 230 g/mol. The average Bonchev–Trinajstić information content (AvgIpc) is 2.38. The lowest BCUT2D eigenvalue weighted by molar-refractivity contribution is -0.127. The van der Waals surface area contributed by atoms with Crippen molar-refractivity contribution >= 4 is 11.8 Å². The van der Waals surface area contributed by atoms with Crippen LogP contribution >= 0.6 is 0 Å². The van der Waals surface area contributed by atoms with Gasteiger partial charge < -0.3 is 11.1 Å². The zero-order chi connectivity index (χ0) is 13.5. The molecule has 1 aliphatic rings. The Hall–Kier alpha value is -1.10. The highest BCUT2D eigenvalue weighted by molar-refractivity contribution is 5.81. The van der Waals surface area contributed by atoms with Crippen molar-refractivity contribution in [3.8, 4) is 0 Å². The SMILES string of the molecule is CCCCNC(=O)C(C)N1CCC(C(N)=O)CC1. The minimum Gasteiger partial charge on any atom is -0.369 e. The normalized spacial score (nSPS) is 19.4. The van der Waals surface area contributed by atoms with Crippen molar-refractivity contribution in [2.24, 2.45) is 11.7 Å². The molecule has 1 fully saturated rings. The van der Waals surface area contributed by atoms with Crippen LogP contribution in [0, 0.1) is 5.92 Å². The maximum absolute atomic E-state index is 11.9.